The lowest BCUT2D eigenvalue weighted by Gasteiger charge is -2.40. The number of carboxylic acid groups (broad SMARTS) is 1. The standard InChI is InChI=1S/C45H63NO8/c1-3-4-6-13-36(49)20-18-32-17-16-31-11-9-10-14-39(31)33-19-23-42(40-22-21-37(50)27-34(40)24-25-47)45(2,54)30-46-44(41(32)28-38(51)29-48)35(26-33)12-7-5-8-15-43(52)53/h9-11,14,18,20-22,27,33,35-36,38,42,44,46-51,54H,3-8,12-13,15-17,24-26,28-30H2,1-2H3,(H,52,53)/b20-18+,41-32+/t33-,35+,36+,38+,42+,44+,45-/m1/s1. The van der Waals surface area contributed by atoms with Gasteiger partial charge in [-0.3, -0.25) is 4.79 Å². The number of carbonyl (C=O) groups is 1. The predicted molar refractivity (Wildman–Crippen MR) is 212 cm³/mol. The van der Waals surface area contributed by atoms with Crippen LogP contribution >= 0.6 is 0 Å². The van der Waals surface area contributed by atoms with Crippen LogP contribution in [0.5, 0.6) is 5.75 Å². The van der Waals surface area contributed by atoms with Crippen LogP contribution < -0.4 is 5.32 Å². The number of aliphatic carboxylic acids is 1. The number of rotatable bonds is 18. The van der Waals surface area contributed by atoms with Crippen molar-refractivity contribution < 1.29 is 40.5 Å². The van der Waals surface area contributed by atoms with Crippen LogP contribution in [0.4, 0.5) is 0 Å². The van der Waals surface area contributed by atoms with Crippen molar-refractivity contribution in [3.63, 3.8) is 0 Å². The third kappa shape index (κ3) is 12.5. The van der Waals surface area contributed by atoms with E-state index >= 15 is 0 Å². The number of phenols is 1. The highest BCUT2D eigenvalue weighted by molar-refractivity contribution is 5.66. The molecule has 0 fully saturated rings. The number of carboxylic acids is 1. The summed E-state index contributed by atoms with van der Waals surface area (Å²) in [4.78, 5) is 11.3. The van der Waals surface area contributed by atoms with Crippen molar-refractivity contribution in [1.29, 1.82) is 0 Å². The second kappa shape index (κ2) is 21.6. The minimum Gasteiger partial charge on any atom is -0.508 e. The van der Waals surface area contributed by atoms with Crippen LogP contribution in [0.1, 0.15) is 125 Å². The second-order valence-electron chi connectivity index (χ2n) is 15.5. The maximum atomic E-state index is 12.4. The Hall–Kier alpha value is -3.49. The zero-order chi connectivity index (χ0) is 39.1. The van der Waals surface area contributed by atoms with E-state index in [1.165, 1.54) is 0 Å². The normalized spacial score (nSPS) is 25.8. The summed E-state index contributed by atoms with van der Waals surface area (Å²) in [6, 6.07) is 13.0. The first kappa shape index (κ1) is 43.2. The quantitative estimate of drug-likeness (QED) is 0.0669. The summed E-state index contributed by atoms with van der Waals surface area (Å²) >= 11 is 0. The first-order valence-electron chi connectivity index (χ1n) is 20.0. The monoisotopic (exact) mass is 745 g/mol. The van der Waals surface area contributed by atoms with Crippen LogP contribution in [0.2, 0.25) is 0 Å². The molecule has 0 aromatic heterocycles. The molecule has 2 aromatic carbocycles. The summed E-state index contributed by atoms with van der Waals surface area (Å²) in [5.74, 6) is 5.46. The van der Waals surface area contributed by atoms with Gasteiger partial charge < -0.3 is 41.1 Å². The Balaban J connectivity index is 1.94. The van der Waals surface area contributed by atoms with E-state index in [2.05, 4.69) is 36.2 Å². The number of unbranched alkanes of at least 4 members (excludes halogenated alkanes) is 4. The van der Waals surface area contributed by atoms with Gasteiger partial charge in [0.1, 0.15) is 5.75 Å². The smallest absolute Gasteiger partial charge is 0.303 e. The van der Waals surface area contributed by atoms with Crippen LogP contribution in [0.25, 0.3) is 0 Å². The molecular formula is C45H63NO8. The van der Waals surface area contributed by atoms with Gasteiger partial charge in [0.2, 0.25) is 0 Å². The summed E-state index contributed by atoms with van der Waals surface area (Å²) in [7, 11) is 0. The Morgan fingerprint density at radius 1 is 1.02 bits per heavy atom. The molecule has 0 amide bonds. The van der Waals surface area contributed by atoms with Gasteiger partial charge in [-0.05, 0) is 110 Å². The Morgan fingerprint density at radius 2 is 1.81 bits per heavy atom. The number of aliphatic hydroxyl groups excluding tert-OH is 4. The van der Waals surface area contributed by atoms with E-state index in [0.717, 1.165) is 66.4 Å². The molecule has 9 heteroatoms. The molecule has 0 saturated heterocycles. The zero-order valence-corrected chi connectivity index (χ0v) is 32.2. The Morgan fingerprint density at radius 3 is 2.56 bits per heavy atom. The molecule has 2 aliphatic rings. The van der Waals surface area contributed by atoms with Crippen LogP contribution in [0.3, 0.4) is 0 Å². The number of hydrogen-bond acceptors (Lipinski definition) is 8. The number of allylic oxidation sites excluding steroid dienone is 2. The first-order valence-corrected chi connectivity index (χ1v) is 20.0. The van der Waals surface area contributed by atoms with E-state index in [1.54, 1.807) is 25.1 Å². The predicted octanol–water partition coefficient (Wildman–Crippen LogP) is 6.05. The molecule has 0 spiro atoms. The number of hydrogen-bond donors (Lipinski definition) is 8. The number of nitrogens with one attached hydrogen (secondary N) is 1. The zero-order valence-electron chi connectivity index (χ0n) is 32.2. The number of fused-ring (bicyclic) bond motifs is 5. The summed E-state index contributed by atoms with van der Waals surface area (Å²) in [5.41, 5.74) is 4.18. The molecule has 9 nitrogen and oxygen atoms in total. The van der Waals surface area contributed by atoms with Crippen LogP contribution in [0.15, 0.2) is 65.8 Å². The van der Waals surface area contributed by atoms with Crippen LogP contribution in [0, 0.1) is 17.8 Å². The number of aliphatic hydroxyl groups is 5. The SMILES string of the molecule is CCCCC[C@H](O)/C=C/C1=C(\C[C@H](O)CO)[C@H]2NC[C@@](C)(O)[C@H](c3ccc(O)cc3CCO)C#C[C@H](C[C@@H]2CCCCCC(=O)O)c2ccccc2CC1. The summed E-state index contributed by atoms with van der Waals surface area (Å²) in [6.07, 6.45) is 11.3. The minimum atomic E-state index is -1.42. The number of aryl methyl sites for hydroxylation is 1. The molecule has 7 atom stereocenters. The van der Waals surface area contributed by atoms with Crippen molar-refractivity contribution in [2.45, 2.75) is 139 Å². The summed E-state index contributed by atoms with van der Waals surface area (Å²) in [6.45, 7) is 3.46. The molecule has 1 heterocycles. The number of β-amino-alcohol motifs (C(OH)–C–C–N with tert-alkyl or cyclic N) is 1. The fraction of sp³-hybridized carbons (Fsp3) is 0.578. The lowest BCUT2D eigenvalue weighted by atomic mass is 9.73. The molecule has 2 bridgehead atoms. The summed E-state index contributed by atoms with van der Waals surface area (Å²) < 4.78 is 0. The fourth-order valence-electron chi connectivity index (χ4n) is 8.23. The van der Waals surface area contributed by atoms with Crippen LogP contribution in [-0.2, 0) is 17.6 Å². The molecule has 0 unspecified atom stereocenters. The van der Waals surface area contributed by atoms with Gasteiger partial charge in [0.05, 0.1) is 30.3 Å². The Kier molecular flexibility index (Phi) is 17.3. The van der Waals surface area contributed by atoms with E-state index in [1.807, 2.05) is 24.3 Å². The first-order chi connectivity index (χ1) is 26.0. The van der Waals surface area contributed by atoms with Gasteiger partial charge in [-0.25, -0.2) is 0 Å². The molecule has 2 aromatic rings. The van der Waals surface area contributed by atoms with Crippen molar-refractivity contribution >= 4 is 5.97 Å². The van der Waals surface area contributed by atoms with Gasteiger partial charge in [-0.2, -0.15) is 0 Å². The maximum Gasteiger partial charge on any atom is 0.303 e. The highest BCUT2D eigenvalue weighted by Crippen LogP contribution is 2.40. The Labute approximate surface area is 321 Å². The average Bonchev–Trinajstić information content (AvgIpc) is 3.14. The number of benzene rings is 2. The topological polar surface area (TPSA) is 171 Å². The van der Waals surface area contributed by atoms with Gasteiger partial charge in [-0.1, -0.05) is 93.4 Å². The van der Waals surface area contributed by atoms with Gasteiger partial charge in [-0.15, -0.1) is 0 Å². The third-order valence-corrected chi connectivity index (χ3v) is 11.2. The van der Waals surface area contributed by atoms with E-state index in [0.29, 0.717) is 37.7 Å². The van der Waals surface area contributed by atoms with Gasteiger partial charge >= 0.3 is 5.97 Å². The highest BCUT2D eigenvalue weighted by Gasteiger charge is 2.38. The highest BCUT2D eigenvalue weighted by atomic mass is 16.4. The molecule has 0 saturated carbocycles. The van der Waals surface area contributed by atoms with Crippen molar-refractivity contribution in [2.75, 3.05) is 19.8 Å². The van der Waals surface area contributed by atoms with Crippen molar-refractivity contribution in [1.82, 2.24) is 5.32 Å². The molecule has 4 rings (SSSR count). The molecule has 1 aliphatic carbocycles. The van der Waals surface area contributed by atoms with Gasteiger partial charge in [0.15, 0.2) is 0 Å². The molecular weight excluding hydrogens is 682 g/mol. The maximum absolute atomic E-state index is 12.4. The third-order valence-electron chi connectivity index (χ3n) is 11.2. The second-order valence-corrected chi connectivity index (χ2v) is 15.5. The van der Waals surface area contributed by atoms with E-state index in [4.69, 9.17) is 0 Å². The molecule has 0 radical (unpaired) electrons. The van der Waals surface area contributed by atoms with E-state index in [9.17, 15) is 40.5 Å². The molecule has 54 heavy (non-hydrogen) atoms. The number of phenolic OH excluding ortho intramolecular Hbond substituents is 1. The van der Waals surface area contributed by atoms with Crippen LogP contribution in [-0.4, -0.2) is 85.3 Å². The molecule has 1 aliphatic heterocycles. The lowest BCUT2D eigenvalue weighted by molar-refractivity contribution is -0.137. The van der Waals surface area contributed by atoms with Crippen molar-refractivity contribution in [3.05, 3.63) is 88.0 Å². The molecule has 296 valence electrons. The Bertz CT molecular complexity index is 1620. The lowest BCUT2D eigenvalue weighted by Crippen LogP contribution is -2.50. The van der Waals surface area contributed by atoms with Gasteiger partial charge in [0.25, 0.3) is 0 Å². The van der Waals surface area contributed by atoms with Gasteiger partial charge in [0, 0.05) is 31.5 Å². The van der Waals surface area contributed by atoms with Crippen molar-refractivity contribution in [3.8, 4) is 17.6 Å². The summed E-state index contributed by atoms with van der Waals surface area (Å²) in [5, 5.41) is 78.0. The number of aromatic hydroxyl groups is 1. The van der Waals surface area contributed by atoms with E-state index in [-0.39, 0.29) is 56.0 Å². The largest absolute Gasteiger partial charge is 0.508 e. The van der Waals surface area contributed by atoms with Crippen molar-refractivity contribution in [2.24, 2.45) is 5.92 Å². The molecule has 8 N–H and O–H groups in total. The van der Waals surface area contributed by atoms with E-state index < -0.39 is 36.3 Å². The fourth-order valence-corrected chi connectivity index (χ4v) is 8.23. The average molecular weight is 746 g/mol. The minimum absolute atomic E-state index is 0.0370.